The maximum atomic E-state index is 13.7. The van der Waals surface area contributed by atoms with Crippen molar-refractivity contribution in [2.24, 2.45) is 0 Å². The molecule has 6 heteroatoms. The largest absolute Gasteiger partial charge is 0.340 e. The van der Waals surface area contributed by atoms with Crippen molar-refractivity contribution in [2.45, 2.75) is 13.8 Å². The zero-order valence-electron chi connectivity index (χ0n) is 13.9. The highest BCUT2D eigenvalue weighted by atomic mass is 19.1. The van der Waals surface area contributed by atoms with Crippen LogP contribution in [0.5, 0.6) is 0 Å². The minimum Gasteiger partial charge on any atom is -0.340 e. The van der Waals surface area contributed by atoms with Crippen LogP contribution in [-0.2, 0) is 0 Å². The van der Waals surface area contributed by atoms with Gasteiger partial charge in [0, 0.05) is 11.8 Å². The number of carbonyl (C=O) groups is 1. The number of halogens is 1. The van der Waals surface area contributed by atoms with Crippen molar-refractivity contribution < 1.29 is 9.18 Å². The molecule has 126 valence electrons. The molecule has 2 aromatic carbocycles. The number of para-hydroxylation sites is 1. The quantitative estimate of drug-likeness (QED) is 0.748. The summed E-state index contributed by atoms with van der Waals surface area (Å²) in [4.78, 5) is 20.8. The maximum absolute atomic E-state index is 13.7. The number of amides is 1. The lowest BCUT2D eigenvalue weighted by atomic mass is 10.2. The fraction of sp³-hybridized carbons (Fsp3) is 0.105. The van der Waals surface area contributed by atoms with Crippen LogP contribution in [0.1, 0.15) is 21.9 Å². The van der Waals surface area contributed by atoms with Gasteiger partial charge in [-0.25, -0.2) is 14.4 Å². The molecule has 0 unspecified atom stereocenters. The van der Waals surface area contributed by atoms with Crippen LogP contribution in [0.2, 0.25) is 0 Å². The first-order chi connectivity index (χ1) is 12.0. The molecule has 0 spiro atoms. The van der Waals surface area contributed by atoms with E-state index in [9.17, 15) is 9.18 Å². The van der Waals surface area contributed by atoms with Crippen LogP contribution in [-0.4, -0.2) is 15.9 Å². The molecule has 0 atom stereocenters. The number of hydrogen-bond donors (Lipinski definition) is 2. The van der Waals surface area contributed by atoms with E-state index in [1.165, 1.54) is 18.2 Å². The number of nitrogens with zero attached hydrogens (tertiary/aromatic N) is 2. The van der Waals surface area contributed by atoms with Crippen LogP contribution in [0, 0.1) is 19.7 Å². The Morgan fingerprint density at radius 3 is 2.44 bits per heavy atom. The second-order valence-corrected chi connectivity index (χ2v) is 5.61. The average molecular weight is 336 g/mol. The van der Waals surface area contributed by atoms with E-state index in [1.807, 2.05) is 31.2 Å². The molecule has 2 N–H and O–H groups in total. The van der Waals surface area contributed by atoms with Crippen molar-refractivity contribution in [3.05, 3.63) is 77.5 Å². The Labute approximate surface area is 145 Å². The molecule has 3 aromatic rings. The Morgan fingerprint density at radius 1 is 1.00 bits per heavy atom. The highest BCUT2D eigenvalue weighted by Gasteiger charge is 2.13. The second-order valence-electron chi connectivity index (χ2n) is 5.61. The molecule has 1 amide bonds. The molecule has 0 saturated heterocycles. The second kappa shape index (κ2) is 7.09. The van der Waals surface area contributed by atoms with Crippen LogP contribution in [0.4, 0.5) is 21.6 Å². The standard InChI is InChI=1S/C19H17FN4O/c1-12-7-9-14(10-8-12)23-18-11-17(21-13(2)22-18)19(25)24-16-6-4-3-5-15(16)20/h3-11H,1-2H3,(H,24,25)(H,21,22,23). The normalized spacial score (nSPS) is 10.4. The lowest BCUT2D eigenvalue weighted by molar-refractivity contribution is 0.102. The highest BCUT2D eigenvalue weighted by molar-refractivity contribution is 6.03. The van der Waals surface area contributed by atoms with Crippen LogP contribution in [0.15, 0.2) is 54.6 Å². The van der Waals surface area contributed by atoms with Gasteiger partial charge in [0.25, 0.3) is 5.91 Å². The first-order valence-corrected chi connectivity index (χ1v) is 7.76. The Hall–Kier alpha value is -3.28. The SMILES string of the molecule is Cc1ccc(Nc2cc(C(=O)Nc3ccccc3F)nc(C)n2)cc1. The van der Waals surface area contributed by atoms with Crippen molar-refractivity contribution in [2.75, 3.05) is 10.6 Å². The summed E-state index contributed by atoms with van der Waals surface area (Å²) in [6.45, 7) is 3.70. The maximum Gasteiger partial charge on any atom is 0.274 e. The van der Waals surface area contributed by atoms with E-state index >= 15 is 0 Å². The number of rotatable bonds is 4. The molecule has 1 aromatic heterocycles. The first-order valence-electron chi connectivity index (χ1n) is 7.76. The zero-order valence-corrected chi connectivity index (χ0v) is 13.9. The van der Waals surface area contributed by atoms with E-state index in [2.05, 4.69) is 20.6 Å². The molecule has 0 aliphatic rings. The third-order valence-electron chi connectivity index (χ3n) is 3.52. The minimum absolute atomic E-state index is 0.108. The number of benzene rings is 2. The molecule has 0 saturated carbocycles. The van der Waals surface area contributed by atoms with E-state index in [0.29, 0.717) is 11.6 Å². The Morgan fingerprint density at radius 2 is 1.72 bits per heavy atom. The average Bonchev–Trinajstić information content (AvgIpc) is 2.58. The van der Waals surface area contributed by atoms with Gasteiger partial charge in [-0.05, 0) is 38.1 Å². The van der Waals surface area contributed by atoms with Crippen molar-refractivity contribution in [1.82, 2.24) is 9.97 Å². The molecule has 3 rings (SSSR count). The van der Waals surface area contributed by atoms with Gasteiger partial charge in [-0.2, -0.15) is 0 Å². The molecule has 0 radical (unpaired) electrons. The van der Waals surface area contributed by atoms with Gasteiger partial charge < -0.3 is 10.6 Å². The molecule has 0 aliphatic carbocycles. The Bertz CT molecular complexity index is 910. The topological polar surface area (TPSA) is 66.9 Å². The number of carbonyl (C=O) groups excluding carboxylic acids is 1. The van der Waals surface area contributed by atoms with Gasteiger partial charge in [0.15, 0.2) is 0 Å². The molecular formula is C19H17FN4O. The van der Waals surface area contributed by atoms with Gasteiger partial charge in [0.05, 0.1) is 5.69 Å². The van der Waals surface area contributed by atoms with Crippen LogP contribution < -0.4 is 10.6 Å². The Kier molecular flexibility index (Phi) is 4.70. The fourth-order valence-corrected chi connectivity index (χ4v) is 2.28. The molecule has 5 nitrogen and oxygen atoms in total. The predicted octanol–water partition coefficient (Wildman–Crippen LogP) is 4.23. The van der Waals surface area contributed by atoms with E-state index < -0.39 is 11.7 Å². The molecule has 25 heavy (non-hydrogen) atoms. The van der Waals surface area contributed by atoms with Crippen molar-refractivity contribution in [3.63, 3.8) is 0 Å². The van der Waals surface area contributed by atoms with Crippen LogP contribution in [0.3, 0.4) is 0 Å². The van der Waals surface area contributed by atoms with Gasteiger partial charge >= 0.3 is 0 Å². The van der Waals surface area contributed by atoms with Gasteiger partial charge in [-0.15, -0.1) is 0 Å². The summed E-state index contributed by atoms with van der Waals surface area (Å²) in [5.41, 5.74) is 2.26. The summed E-state index contributed by atoms with van der Waals surface area (Å²) in [5.74, 6) is -0.0620. The van der Waals surface area contributed by atoms with Gasteiger partial charge in [-0.3, -0.25) is 4.79 Å². The summed E-state index contributed by atoms with van der Waals surface area (Å²) < 4.78 is 13.7. The van der Waals surface area contributed by atoms with E-state index in [0.717, 1.165) is 11.3 Å². The lowest BCUT2D eigenvalue weighted by Crippen LogP contribution is -2.16. The molecule has 0 bridgehead atoms. The summed E-state index contributed by atoms with van der Waals surface area (Å²) in [6, 6.07) is 15.3. The number of aromatic nitrogens is 2. The summed E-state index contributed by atoms with van der Waals surface area (Å²) >= 11 is 0. The smallest absolute Gasteiger partial charge is 0.274 e. The molecule has 1 heterocycles. The highest BCUT2D eigenvalue weighted by Crippen LogP contribution is 2.18. The molecular weight excluding hydrogens is 319 g/mol. The van der Waals surface area contributed by atoms with E-state index in [1.54, 1.807) is 19.1 Å². The molecule has 0 aliphatic heterocycles. The number of nitrogens with one attached hydrogen (secondary N) is 2. The third-order valence-corrected chi connectivity index (χ3v) is 3.52. The Balaban J connectivity index is 1.82. The summed E-state index contributed by atoms with van der Waals surface area (Å²) in [5, 5.41) is 5.66. The summed E-state index contributed by atoms with van der Waals surface area (Å²) in [6.07, 6.45) is 0. The third kappa shape index (κ3) is 4.17. The van der Waals surface area contributed by atoms with Gasteiger partial charge in [-0.1, -0.05) is 29.8 Å². The minimum atomic E-state index is -0.500. The first kappa shape index (κ1) is 16.6. The van der Waals surface area contributed by atoms with Gasteiger partial charge in [0.1, 0.15) is 23.2 Å². The monoisotopic (exact) mass is 336 g/mol. The van der Waals surface area contributed by atoms with Crippen molar-refractivity contribution >= 4 is 23.1 Å². The fourth-order valence-electron chi connectivity index (χ4n) is 2.28. The van der Waals surface area contributed by atoms with E-state index in [4.69, 9.17) is 0 Å². The number of hydrogen-bond acceptors (Lipinski definition) is 4. The number of anilines is 3. The zero-order chi connectivity index (χ0) is 17.8. The van der Waals surface area contributed by atoms with Crippen molar-refractivity contribution in [1.29, 1.82) is 0 Å². The number of aryl methyl sites for hydroxylation is 2. The van der Waals surface area contributed by atoms with E-state index in [-0.39, 0.29) is 11.4 Å². The van der Waals surface area contributed by atoms with Crippen LogP contribution in [0.25, 0.3) is 0 Å². The van der Waals surface area contributed by atoms with Crippen LogP contribution >= 0.6 is 0 Å². The van der Waals surface area contributed by atoms with Gasteiger partial charge in [0.2, 0.25) is 0 Å². The predicted molar refractivity (Wildman–Crippen MR) is 95.6 cm³/mol. The lowest BCUT2D eigenvalue weighted by Gasteiger charge is -2.10. The van der Waals surface area contributed by atoms with Crippen molar-refractivity contribution in [3.8, 4) is 0 Å². The summed E-state index contributed by atoms with van der Waals surface area (Å²) in [7, 11) is 0. The molecule has 0 fully saturated rings.